The minimum Gasteiger partial charge on any atom is -0.481 e. The Morgan fingerprint density at radius 2 is 1.83 bits per heavy atom. The van der Waals surface area contributed by atoms with Crippen molar-refractivity contribution in [3.05, 3.63) is 42.0 Å². The fourth-order valence-electron chi connectivity index (χ4n) is 2.55. The number of likely N-dealkylation sites (tertiary alicyclic amines) is 1. The third kappa shape index (κ3) is 3.20. The van der Waals surface area contributed by atoms with E-state index in [4.69, 9.17) is 5.11 Å². The molecule has 23 heavy (non-hydrogen) atoms. The summed E-state index contributed by atoms with van der Waals surface area (Å²) in [4.78, 5) is 26.1. The fourth-order valence-corrected chi connectivity index (χ4v) is 2.55. The molecule has 0 unspecified atom stereocenters. The summed E-state index contributed by atoms with van der Waals surface area (Å²) in [5, 5.41) is 17.1. The number of nitrogens with zero attached hydrogens (tertiary/aromatic N) is 4. The lowest BCUT2D eigenvalue weighted by Crippen LogP contribution is -2.40. The van der Waals surface area contributed by atoms with Crippen LogP contribution in [0.2, 0.25) is 0 Å². The van der Waals surface area contributed by atoms with Crippen LogP contribution in [0.4, 0.5) is 4.39 Å². The number of aliphatic carboxylic acids is 1. The maximum absolute atomic E-state index is 12.9. The number of aromatic nitrogens is 3. The van der Waals surface area contributed by atoms with E-state index in [9.17, 15) is 14.0 Å². The number of amides is 1. The topological polar surface area (TPSA) is 88.3 Å². The average Bonchev–Trinajstić information content (AvgIpc) is 3.05. The van der Waals surface area contributed by atoms with Gasteiger partial charge >= 0.3 is 5.97 Å². The predicted molar refractivity (Wildman–Crippen MR) is 77.6 cm³/mol. The summed E-state index contributed by atoms with van der Waals surface area (Å²) in [6.45, 7) is 0.776. The van der Waals surface area contributed by atoms with Crippen LogP contribution in [-0.4, -0.2) is 50.0 Å². The molecule has 0 radical (unpaired) electrons. The Balaban J connectivity index is 1.69. The molecule has 3 rings (SSSR count). The van der Waals surface area contributed by atoms with Gasteiger partial charge in [-0.25, -0.2) is 4.39 Å². The highest BCUT2D eigenvalue weighted by Crippen LogP contribution is 2.18. The number of carboxylic acid groups (broad SMARTS) is 1. The van der Waals surface area contributed by atoms with Gasteiger partial charge in [0.15, 0.2) is 5.69 Å². The van der Waals surface area contributed by atoms with Crippen molar-refractivity contribution in [2.24, 2.45) is 5.92 Å². The van der Waals surface area contributed by atoms with Crippen molar-refractivity contribution in [3.8, 4) is 5.69 Å². The highest BCUT2D eigenvalue weighted by Gasteiger charge is 2.28. The van der Waals surface area contributed by atoms with Gasteiger partial charge in [0.2, 0.25) is 0 Å². The molecule has 1 N–H and O–H groups in total. The van der Waals surface area contributed by atoms with Gasteiger partial charge in [0.1, 0.15) is 5.82 Å². The van der Waals surface area contributed by atoms with E-state index in [1.807, 2.05) is 0 Å². The van der Waals surface area contributed by atoms with Crippen molar-refractivity contribution in [1.29, 1.82) is 0 Å². The van der Waals surface area contributed by atoms with Gasteiger partial charge in [-0.1, -0.05) is 0 Å². The third-order valence-corrected chi connectivity index (χ3v) is 3.90. The lowest BCUT2D eigenvalue weighted by molar-refractivity contribution is -0.143. The normalized spacial score (nSPS) is 15.6. The fraction of sp³-hybridized carbons (Fsp3) is 0.333. The van der Waals surface area contributed by atoms with E-state index in [-0.39, 0.29) is 17.4 Å². The first-order chi connectivity index (χ1) is 11.0. The van der Waals surface area contributed by atoms with Crippen LogP contribution in [0.1, 0.15) is 23.3 Å². The first kappa shape index (κ1) is 15.1. The summed E-state index contributed by atoms with van der Waals surface area (Å²) in [6.07, 6.45) is 2.23. The van der Waals surface area contributed by atoms with Gasteiger partial charge in [-0.15, -0.1) is 5.10 Å². The maximum atomic E-state index is 12.9. The molecule has 0 aliphatic carbocycles. The molecule has 0 spiro atoms. The number of carboxylic acids is 1. The van der Waals surface area contributed by atoms with Gasteiger partial charge < -0.3 is 10.0 Å². The van der Waals surface area contributed by atoms with Crippen molar-refractivity contribution < 1.29 is 19.1 Å². The Labute approximate surface area is 131 Å². The Hall–Kier alpha value is -2.77. The average molecular weight is 318 g/mol. The van der Waals surface area contributed by atoms with Crippen LogP contribution < -0.4 is 0 Å². The molecule has 1 fully saturated rings. The van der Waals surface area contributed by atoms with Gasteiger partial charge in [-0.05, 0) is 37.1 Å². The van der Waals surface area contributed by atoms with E-state index in [1.54, 1.807) is 4.90 Å². The summed E-state index contributed by atoms with van der Waals surface area (Å²) in [7, 11) is 0. The summed E-state index contributed by atoms with van der Waals surface area (Å²) >= 11 is 0. The predicted octanol–water partition coefficient (Wildman–Crippen LogP) is 1.34. The van der Waals surface area contributed by atoms with E-state index in [1.165, 1.54) is 35.3 Å². The Bertz CT molecular complexity index is 721. The van der Waals surface area contributed by atoms with E-state index < -0.39 is 11.9 Å². The summed E-state index contributed by atoms with van der Waals surface area (Å²) in [5.41, 5.74) is 0.734. The molecule has 8 heteroatoms. The Kier molecular flexibility index (Phi) is 4.05. The molecule has 1 aromatic heterocycles. The van der Waals surface area contributed by atoms with E-state index in [0.29, 0.717) is 31.6 Å². The molecule has 1 aliphatic heterocycles. The quantitative estimate of drug-likeness (QED) is 0.922. The number of rotatable bonds is 3. The number of halogens is 1. The minimum atomic E-state index is -0.820. The van der Waals surface area contributed by atoms with Crippen LogP contribution in [0.15, 0.2) is 30.5 Å². The zero-order chi connectivity index (χ0) is 16.4. The lowest BCUT2D eigenvalue weighted by Gasteiger charge is -2.29. The number of carbonyl (C=O) groups is 2. The molecule has 0 atom stereocenters. The van der Waals surface area contributed by atoms with Gasteiger partial charge in [0.05, 0.1) is 17.8 Å². The van der Waals surface area contributed by atoms with Crippen LogP contribution in [0, 0.1) is 11.7 Å². The molecule has 1 saturated heterocycles. The molecule has 0 bridgehead atoms. The maximum Gasteiger partial charge on any atom is 0.306 e. The van der Waals surface area contributed by atoms with Crippen molar-refractivity contribution in [2.75, 3.05) is 13.1 Å². The highest BCUT2D eigenvalue weighted by molar-refractivity contribution is 5.92. The van der Waals surface area contributed by atoms with Crippen LogP contribution in [0.25, 0.3) is 5.69 Å². The molecule has 1 aliphatic rings. The first-order valence-electron chi connectivity index (χ1n) is 7.25. The van der Waals surface area contributed by atoms with Gasteiger partial charge in [-0.3, -0.25) is 9.59 Å². The molecule has 0 saturated carbocycles. The zero-order valence-electron chi connectivity index (χ0n) is 12.2. The Morgan fingerprint density at radius 1 is 1.17 bits per heavy atom. The van der Waals surface area contributed by atoms with Crippen molar-refractivity contribution >= 4 is 11.9 Å². The second-order valence-electron chi connectivity index (χ2n) is 5.40. The summed E-state index contributed by atoms with van der Waals surface area (Å²) in [5.74, 6) is -1.85. The smallest absolute Gasteiger partial charge is 0.306 e. The molecule has 120 valence electrons. The number of benzene rings is 1. The second kappa shape index (κ2) is 6.15. The van der Waals surface area contributed by atoms with Crippen molar-refractivity contribution in [2.45, 2.75) is 12.8 Å². The van der Waals surface area contributed by atoms with E-state index in [2.05, 4.69) is 10.2 Å². The summed E-state index contributed by atoms with van der Waals surface area (Å²) < 4.78 is 12.9. The van der Waals surface area contributed by atoms with Crippen LogP contribution >= 0.6 is 0 Å². The van der Waals surface area contributed by atoms with Crippen LogP contribution in [0.3, 0.4) is 0 Å². The van der Waals surface area contributed by atoms with Gasteiger partial charge in [0.25, 0.3) is 5.91 Å². The zero-order valence-corrected chi connectivity index (χ0v) is 12.2. The standard InChI is InChI=1S/C15H15FN4O3/c16-11-1-3-12(4-2-11)20-17-9-13(18-20)14(21)19-7-5-10(6-8-19)15(22)23/h1-4,9-10H,5-8H2,(H,22,23). The van der Waals surface area contributed by atoms with Gasteiger partial charge in [0, 0.05) is 13.1 Å². The molecule has 7 nitrogen and oxygen atoms in total. The monoisotopic (exact) mass is 318 g/mol. The lowest BCUT2D eigenvalue weighted by atomic mass is 9.97. The Morgan fingerprint density at radius 3 is 2.43 bits per heavy atom. The van der Waals surface area contributed by atoms with Gasteiger partial charge in [-0.2, -0.15) is 9.90 Å². The second-order valence-corrected chi connectivity index (χ2v) is 5.40. The summed E-state index contributed by atoms with van der Waals surface area (Å²) in [6, 6.07) is 5.61. The van der Waals surface area contributed by atoms with Crippen molar-refractivity contribution in [1.82, 2.24) is 19.9 Å². The third-order valence-electron chi connectivity index (χ3n) is 3.90. The van der Waals surface area contributed by atoms with Crippen LogP contribution in [-0.2, 0) is 4.79 Å². The number of carbonyl (C=O) groups excluding carboxylic acids is 1. The highest BCUT2D eigenvalue weighted by atomic mass is 19.1. The molecule has 2 heterocycles. The molecular weight excluding hydrogens is 303 g/mol. The minimum absolute atomic E-state index is 0.183. The molecule has 1 aromatic carbocycles. The first-order valence-corrected chi connectivity index (χ1v) is 7.25. The number of hydrogen-bond donors (Lipinski definition) is 1. The molecular formula is C15H15FN4O3. The van der Waals surface area contributed by atoms with Crippen LogP contribution in [0.5, 0.6) is 0 Å². The van der Waals surface area contributed by atoms with Crippen molar-refractivity contribution in [3.63, 3.8) is 0 Å². The number of piperidine rings is 1. The molecule has 1 amide bonds. The SMILES string of the molecule is O=C(O)C1CCN(C(=O)c2cnn(-c3ccc(F)cc3)n2)CC1. The molecule has 2 aromatic rings. The van der Waals surface area contributed by atoms with E-state index in [0.717, 1.165) is 0 Å². The largest absolute Gasteiger partial charge is 0.481 e. The van der Waals surface area contributed by atoms with E-state index >= 15 is 0 Å². The number of hydrogen-bond acceptors (Lipinski definition) is 4.